The van der Waals surface area contributed by atoms with E-state index in [1.165, 1.54) is 13.2 Å². The summed E-state index contributed by atoms with van der Waals surface area (Å²) < 4.78 is 18.9. The zero-order valence-electron chi connectivity index (χ0n) is 11.7. The maximum Gasteiger partial charge on any atom is 0.256 e. The van der Waals surface area contributed by atoms with Gasteiger partial charge in [-0.15, -0.1) is 0 Å². The molecule has 0 aliphatic carbocycles. The molecule has 1 aromatic carbocycles. The average molecular weight is 319 g/mol. The first-order valence-corrected chi connectivity index (χ1v) is 6.96. The zero-order valence-corrected chi connectivity index (χ0v) is 12.4. The highest BCUT2D eigenvalue weighted by Crippen LogP contribution is 2.33. The van der Waals surface area contributed by atoms with E-state index in [1.807, 2.05) is 0 Å². The van der Waals surface area contributed by atoms with Crippen molar-refractivity contribution in [2.45, 2.75) is 6.42 Å². The molecule has 0 radical (unpaired) electrons. The Bertz CT molecular complexity index is 790. The highest BCUT2D eigenvalue weighted by atomic mass is 35.5. The Balaban J connectivity index is 1.93. The molecule has 22 heavy (non-hydrogen) atoms. The fraction of sp³-hybridized carbons (Fsp3) is 0.125. The van der Waals surface area contributed by atoms with Crippen molar-refractivity contribution in [1.29, 1.82) is 0 Å². The third kappa shape index (κ3) is 2.55. The maximum absolute atomic E-state index is 13.9. The summed E-state index contributed by atoms with van der Waals surface area (Å²) in [6.07, 6.45) is 3.50. The van der Waals surface area contributed by atoms with Crippen LogP contribution in [0, 0.1) is 5.82 Å². The standard InChI is InChI=1S/C16H12ClFN2O2/c1-22-14-7-13-11(8-19-14)10(16(21)20-13)6-5-9-3-2-4-12(17)15(9)18/h2-4,6-8H,5H2,1H3,(H,20,21)/b10-6+. The van der Waals surface area contributed by atoms with Crippen LogP contribution in [-0.4, -0.2) is 18.0 Å². The molecular weight excluding hydrogens is 307 g/mol. The highest BCUT2D eigenvalue weighted by molar-refractivity contribution is 6.31. The summed E-state index contributed by atoms with van der Waals surface area (Å²) in [6, 6.07) is 6.45. The molecule has 0 atom stereocenters. The van der Waals surface area contributed by atoms with Gasteiger partial charge in [0.25, 0.3) is 5.91 Å². The van der Waals surface area contributed by atoms with E-state index in [0.717, 1.165) is 0 Å². The fourth-order valence-corrected chi connectivity index (χ4v) is 2.49. The fourth-order valence-electron chi connectivity index (χ4n) is 2.30. The van der Waals surface area contributed by atoms with Crippen LogP contribution in [0.5, 0.6) is 5.88 Å². The number of allylic oxidation sites excluding steroid dienone is 1. The molecule has 0 fully saturated rings. The van der Waals surface area contributed by atoms with Crippen molar-refractivity contribution in [3.63, 3.8) is 0 Å². The minimum atomic E-state index is -0.465. The number of fused-ring (bicyclic) bond motifs is 1. The van der Waals surface area contributed by atoms with Gasteiger partial charge in [0.2, 0.25) is 5.88 Å². The second kappa shape index (κ2) is 5.77. The van der Waals surface area contributed by atoms with Gasteiger partial charge in [-0.25, -0.2) is 9.37 Å². The van der Waals surface area contributed by atoms with Crippen LogP contribution in [0.1, 0.15) is 11.1 Å². The summed E-state index contributed by atoms with van der Waals surface area (Å²) in [5, 5.41) is 2.81. The lowest BCUT2D eigenvalue weighted by Crippen LogP contribution is -2.04. The first-order chi connectivity index (χ1) is 10.6. The van der Waals surface area contributed by atoms with Crippen LogP contribution in [0.2, 0.25) is 5.02 Å². The molecule has 4 nitrogen and oxygen atoms in total. The van der Waals surface area contributed by atoms with Gasteiger partial charge in [0.1, 0.15) is 5.82 Å². The summed E-state index contributed by atoms with van der Waals surface area (Å²) >= 11 is 5.75. The van der Waals surface area contributed by atoms with Crippen molar-refractivity contribution in [3.8, 4) is 5.88 Å². The van der Waals surface area contributed by atoms with Gasteiger partial charge in [0.15, 0.2) is 0 Å². The third-order valence-corrected chi connectivity index (χ3v) is 3.72. The first kappa shape index (κ1) is 14.5. The molecule has 0 saturated carbocycles. The Kier molecular flexibility index (Phi) is 3.81. The zero-order chi connectivity index (χ0) is 15.7. The van der Waals surface area contributed by atoms with E-state index < -0.39 is 5.82 Å². The topological polar surface area (TPSA) is 51.2 Å². The van der Waals surface area contributed by atoms with Crippen LogP contribution < -0.4 is 10.1 Å². The smallest absolute Gasteiger partial charge is 0.256 e. The molecule has 2 heterocycles. The Hall–Kier alpha value is -2.40. The third-order valence-electron chi connectivity index (χ3n) is 3.43. The van der Waals surface area contributed by atoms with E-state index in [9.17, 15) is 9.18 Å². The molecule has 6 heteroatoms. The van der Waals surface area contributed by atoms with Gasteiger partial charge in [0, 0.05) is 23.4 Å². The van der Waals surface area contributed by atoms with Crippen molar-refractivity contribution >= 4 is 28.8 Å². The number of anilines is 1. The predicted molar refractivity (Wildman–Crippen MR) is 82.5 cm³/mol. The SMILES string of the molecule is COc1cc2c(cn1)/C(=C\Cc1cccc(Cl)c1F)C(=O)N2. The molecule has 1 N–H and O–H groups in total. The molecule has 0 unspecified atom stereocenters. The van der Waals surface area contributed by atoms with Crippen LogP contribution in [0.4, 0.5) is 10.1 Å². The summed E-state index contributed by atoms with van der Waals surface area (Å²) in [5.41, 5.74) is 2.20. The molecule has 1 aromatic heterocycles. The molecule has 1 aliphatic heterocycles. The van der Waals surface area contributed by atoms with Gasteiger partial charge in [-0.3, -0.25) is 4.79 Å². The Labute approximate surface area is 131 Å². The molecule has 2 aromatic rings. The molecular formula is C16H12ClFN2O2. The van der Waals surface area contributed by atoms with E-state index >= 15 is 0 Å². The van der Waals surface area contributed by atoms with Gasteiger partial charge in [-0.05, 0) is 18.1 Å². The van der Waals surface area contributed by atoms with Gasteiger partial charge in [0.05, 0.1) is 17.8 Å². The number of benzene rings is 1. The van der Waals surface area contributed by atoms with Gasteiger partial charge >= 0.3 is 0 Å². The van der Waals surface area contributed by atoms with Crippen LogP contribution in [0.25, 0.3) is 5.57 Å². The lowest BCUT2D eigenvalue weighted by atomic mass is 10.0. The number of carbonyl (C=O) groups is 1. The van der Waals surface area contributed by atoms with Crippen LogP contribution >= 0.6 is 11.6 Å². The summed E-state index contributed by atoms with van der Waals surface area (Å²) in [7, 11) is 1.50. The number of nitrogens with one attached hydrogen (secondary N) is 1. The van der Waals surface area contributed by atoms with Crippen LogP contribution in [0.15, 0.2) is 36.5 Å². The lowest BCUT2D eigenvalue weighted by molar-refractivity contribution is -0.110. The number of nitrogens with zero attached hydrogens (tertiary/aromatic N) is 1. The van der Waals surface area contributed by atoms with E-state index in [-0.39, 0.29) is 17.4 Å². The largest absolute Gasteiger partial charge is 0.481 e. The average Bonchev–Trinajstić information content (AvgIpc) is 2.83. The number of rotatable bonds is 3. The number of hydrogen-bond donors (Lipinski definition) is 1. The number of aromatic nitrogens is 1. The van der Waals surface area contributed by atoms with Gasteiger partial charge in [-0.1, -0.05) is 29.8 Å². The molecule has 112 valence electrons. The normalized spacial score (nSPS) is 14.9. The summed E-state index contributed by atoms with van der Waals surface area (Å²) in [4.78, 5) is 16.1. The second-order valence-electron chi connectivity index (χ2n) is 4.76. The van der Waals surface area contributed by atoms with Crippen molar-refractivity contribution in [2.24, 2.45) is 0 Å². The molecule has 3 rings (SSSR count). The van der Waals surface area contributed by atoms with E-state index in [2.05, 4.69) is 10.3 Å². The quantitative estimate of drug-likeness (QED) is 0.882. The number of halogens is 2. The first-order valence-electron chi connectivity index (χ1n) is 6.59. The predicted octanol–water partition coefficient (Wildman–Crippen LogP) is 3.46. The molecule has 1 aliphatic rings. The van der Waals surface area contributed by atoms with Gasteiger partial charge in [-0.2, -0.15) is 0 Å². The number of amides is 1. The summed E-state index contributed by atoms with van der Waals surface area (Å²) in [5.74, 6) is -0.291. The Morgan fingerprint density at radius 3 is 3.05 bits per heavy atom. The maximum atomic E-state index is 13.9. The van der Waals surface area contributed by atoms with Crippen molar-refractivity contribution < 1.29 is 13.9 Å². The van der Waals surface area contributed by atoms with Crippen molar-refractivity contribution in [3.05, 3.63) is 58.5 Å². The second-order valence-corrected chi connectivity index (χ2v) is 5.17. The van der Waals surface area contributed by atoms with Crippen molar-refractivity contribution in [2.75, 3.05) is 12.4 Å². The molecule has 0 spiro atoms. The summed E-state index contributed by atoms with van der Waals surface area (Å²) in [6.45, 7) is 0. The molecule has 0 saturated heterocycles. The monoisotopic (exact) mass is 318 g/mol. The van der Waals surface area contributed by atoms with E-state index in [1.54, 1.807) is 30.5 Å². The minimum absolute atomic E-state index is 0.0681. The Morgan fingerprint density at radius 2 is 2.27 bits per heavy atom. The number of methoxy groups -OCH3 is 1. The number of ether oxygens (including phenoxy) is 1. The van der Waals surface area contributed by atoms with Crippen molar-refractivity contribution in [1.82, 2.24) is 4.98 Å². The highest BCUT2D eigenvalue weighted by Gasteiger charge is 2.25. The minimum Gasteiger partial charge on any atom is -0.481 e. The molecule has 1 amide bonds. The lowest BCUT2D eigenvalue weighted by Gasteiger charge is -2.03. The van der Waals surface area contributed by atoms with E-state index in [0.29, 0.717) is 28.3 Å². The van der Waals surface area contributed by atoms with E-state index in [4.69, 9.17) is 16.3 Å². The van der Waals surface area contributed by atoms with Crippen LogP contribution in [0.3, 0.4) is 0 Å². The number of hydrogen-bond acceptors (Lipinski definition) is 3. The Morgan fingerprint density at radius 1 is 1.45 bits per heavy atom. The van der Waals surface area contributed by atoms with Crippen LogP contribution in [-0.2, 0) is 11.2 Å². The molecule has 0 bridgehead atoms. The number of pyridine rings is 1. The van der Waals surface area contributed by atoms with Gasteiger partial charge < -0.3 is 10.1 Å². The number of carbonyl (C=O) groups excluding carboxylic acids is 1.